The number of rotatable bonds is 18. The number of likely N-dealkylation sites (tertiary alicyclic amines) is 4. The Morgan fingerprint density at radius 2 is 0.686 bits per heavy atom. The molecule has 0 spiro atoms. The van der Waals surface area contributed by atoms with Crippen molar-refractivity contribution in [1.82, 2.24) is 4.90 Å². The maximum absolute atomic E-state index is 12.9. The number of benzene rings is 4. The Hall–Kier alpha value is -4.35. The molecule has 4 aliphatic heterocycles. The van der Waals surface area contributed by atoms with E-state index in [2.05, 4.69) is 190 Å². The summed E-state index contributed by atoms with van der Waals surface area (Å²) in [5.41, 5.74) is 7.00. The number of likely N-dealkylation sites (N-methyl/N-ethyl adjacent to an activating group) is 1. The Morgan fingerprint density at radius 1 is 0.352 bits per heavy atom. The number of thiophene rings is 1. The molecular formula is C96H153N5O3S+4. The molecule has 0 N–H and O–H groups in total. The molecule has 0 bridgehead atoms. The predicted octanol–water partition coefficient (Wildman–Crippen LogP) is 24.5. The molecule has 1 atom stereocenters. The molecule has 1 aromatic heterocycles. The van der Waals surface area contributed by atoms with Crippen LogP contribution in [-0.4, -0.2) is 132 Å². The summed E-state index contributed by atoms with van der Waals surface area (Å²) in [6.45, 7) is 38.3. The molecule has 5 saturated carbocycles. The molecule has 4 aromatic carbocycles. The van der Waals surface area contributed by atoms with E-state index in [1.165, 1.54) is 269 Å². The lowest BCUT2D eigenvalue weighted by molar-refractivity contribution is -1.01. The van der Waals surface area contributed by atoms with Crippen molar-refractivity contribution < 1.29 is 32.2 Å². The van der Waals surface area contributed by atoms with Gasteiger partial charge in [0.25, 0.3) is 0 Å². The van der Waals surface area contributed by atoms with Gasteiger partial charge in [0, 0.05) is 93.4 Å². The van der Waals surface area contributed by atoms with Crippen molar-refractivity contribution in [3.05, 3.63) is 154 Å². The van der Waals surface area contributed by atoms with E-state index < -0.39 is 5.54 Å². The van der Waals surface area contributed by atoms with Crippen molar-refractivity contribution in [2.24, 2.45) is 0 Å². The second kappa shape index (κ2) is 38.0. The summed E-state index contributed by atoms with van der Waals surface area (Å²) < 4.78 is 16.2. The van der Waals surface area contributed by atoms with Crippen molar-refractivity contribution in [1.29, 1.82) is 0 Å². The van der Waals surface area contributed by atoms with Crippen molar-refractivity contribution in [2.45, 2.75) is 359 Å². The summed E-state index contributed by atoms with van der Waals surface area (Å²) in [4.78, 5) is 17.0. The van der Waals surface area contributed by atoms with Gasteiger partial charge >= 0.3 is 0 Å². The zero-order valence-electron chi connectivity index (χ0n) is 69.5. The van der Waals surface area contributed by atoms with E-state index in [4.69, 9.17) is 9.47 Å². The first-order valence-electron chi connectivity index (χ1n) is 44.1. The number of hydrogen-bond donors (Lipinski definition) is 0. The molecule has 0 amide bonds. The minimum Gasteiger partial charge on any atom is -0.497 e. The fourth-order valence-corrected chi connectivity index (χ4v) is 26.1. The summed E-state index contributed by atoms with van der Waals surface area (Å²) in [6.07, 6.45) is 47.6. The van der Waals surface area contributed by atoms with Crippen LogP contribution in [0.25, 0.3) is 0 Å². The van der Waals surface area contributed by atoms with Crippen molar-refractivity contribution >= 4 is 17.1 Å². The van der Waals surface area contributed by atoms with Crippen molar-refractivity contribution in [3.8, 4) is 11.5 Å². The quantitative estimate of drug-likeness (QED) is 0.0820. The van der Waals surface area contributed by atoms with E-state index in [-0.39, 0.29) is 0 Å². The van der Waals surface area contributed by atoms with Gasteiger partial charge in [-0.3, -0.25) is 9.69 Å². The van der Waals surface area contributed by atoms with Gasteiger partial charge in [-0.1, -0.05) is 118 Å². The third-order valence-electron chi connectivity index (χ3n) is 30.2. The number of piperidine rings is 3. The molecule has 5 aromatic rings. The van der Waals surface area contributed by atoms with Gasteiger partial charge in [0.15, 0.2) is 5.78 Å². The first-order chi connectivity index (χ1) is 50.8. The average molecular weight is 1460 g/mol. The zero-order valence-corrected chi connectivity index (χ0v) is 70.3. The summed E-state index contributed by atoms with van der Waals surface area (Å²) in [7, 11) is 3.44. The molecule has 582 valence electrons. The molecule has 8 nitrogen and oxygen atoms in total. The largest absolute Gasteiger partial charge is 0.497 e. The van der Waals surface area contributed by atoms with Gasteiger partial charge in [-0.05, 0) is 251 Å². The highest BCUT2D eigenvalue weighted by Gasteiger charge is 2.59. The number of carbonyl (C=O) groups excluding carboxylic acids is 1. The standard InChI is InChI=1S/C21H34NO.C20H32N.C19H30N.C18H27NO2.C18H30NS/c1-18(2)22(16-8-5-9-17-22)21(14-6-4-7-15-21)19-10-12-20(23-3)13-11-19;1-18(2)21(16-10-5-11-17-21)20(14-8-4-9-15-20)19-12-6-3-7-13-19;1-17(2)20(15-9-10-16-20)19(13-7-4-8-14-19)18-11-5-3-6-12-18;1-5-19(14(2)3)18(12-7-6-11-17(18)20)15-9-8-10-16(13-15)21-4;1-16(2)19(13-7-4-8-14-19)18(11-5-3-6-12-18)17-10-9-15-20-17/h10-13,18H,4-9,14-17H2,1-3H3;3,6-7,12-13,18H,4-5,8-11,14-17H2,1-2H3;3,5-6,11-12,17H,4,7-10,13-16H2,1-2H3;8-10,13-14H,5-7,11-12H2,1-4H3;9-10,15-16H,3-8,11-14H2,1-2H3/q3*+1;;+1. The van der Waals surface area contributed by atoms with Gasteiger partial charge in [0.05, 0.1) is 95.6 Å². The summed E-state index contributed by atoms with van der Waals surface area (Å²) in [6, 6.07) is 48.1. The maximum atomic E-state index is 12.9. The number of quaternary nitrogens is 4. The normalized spacial score (nSPS) is 24.4. The zero-order chi connectivity index (χ0) is 74.7. The number of carbonyl (C=O) groups is 1. The molecule has 0 radical (unpaired) electrons. The molecule has 1 unspecified atom stereocenters. The first kappa shape index (κ1) is 83.1. The lowest BCUT2D eigenvalue weighted by Crippen LogP contribution is -2.68. The molecule has 9 aliphatic rings. The highest BCUT2D eigenvalue weighted by Crippen LogP contribution is 2.56. The molecule has 9 fully saturated rings. The Morgan fingerprint density at radius 3 is 1.02 bits per heavy atom. The first-order valence-corrected chi connectivity index (χ1v) is 44.9. The van der Waals surface area contributed by atoms with E-state index in [0.29, 0.717) is 46.4 Å². The summed E-state index contributed by atoms with van der Waals surface area (Å²) in [5, 5.41) is 2.30. The highest BCUT2D eigenvalue weighted by molar-refractivity contribution is 7.10. The van der Waals surface area contributed by atoms with Crippen LogP contribution in [0.5, 0.6) is 11.5 Å². The summed E-state index contributed by atoms with van der Waals surface area (Å²) in [5.74, 6) is 2.16. The third-order valence-corrected chi connectivity index (χ3v) is 31.2. The van der Waals surface area contributed by atoms with Crippen LogP contribution in [0.1, 0.15) is 328 Å². The molecular weight excluding hydrogens is 1300 g/mol. The summed E-state index contributed by atoms with van der Waals surface area (Å²) >= 11 is 2.02. The Balaban J connectivity index is 0.000000141. The smallest absolute Gasteiger partial charge is 0.157 e. The van der Waals surface area contributed by atoms with Crippen molar-refractivity contribution in [3.63, 3.8) is 0 Å². The Bertz CT molecular complexity index is 3290. The molecule has 5 heterocycles. The van der Waals surface area contributed by atoms with Crippen LogP contribution in [0.15, 0.2) is 127 Å². The van der Waals surface area contributed by atoms with Gasteiger partial charge < -0.3 is 27.4 Å². The number of ether oxygens (including phenoxy) is 2. The van der Waals surface area contributed by atoms with Gasteiger partial charge in [-0.15, -0.1) is 11.3 Å². The van der Waals surface area contributed by atoms with Crippen LogP contribution in [0.3, 0.4) is 0 Å². The van der Waals surface area contributed by atoms with Crippen LogP contribution in [0, 0.1) is 0 Å². The minimum absolute atomic E-state index is 0.332. The van der Waals surface area contributed by atoms with Crippen LogP contribution in [-0.2, 0) is 32.5 Å². The van der Waals surface area contributed by atoms with Crippen LogP contribution >= 0.6 is 11.3 Å². The van der Waals surface area contributed by atoms with E-state index in [0.717, 1.165) is 61.0 Å². The average Bonchev–Trinajstić information content (AvgIpc) is 1.74. The fraction of sp³-hybridized carbons (Fsp3) is 0.698. The highest BCUT2D eigenvalue weighted by atomic mass is 32.1. The Kier molecular flexibility index (Phi) is 30.1. The molecule has 4 saturated heterocycles. The second-order valence-corrected chi connectivity index (χ2v) is 37.0. The number of Topliss-reactive ketones (excluding diaryl/α,β-unsaturated/α-hetero) is 1. The number of hydrogen-bond acceptors (Lipinski definition) is 5. The van der Waals surface area contributed by atoms with Crippen molar-refractivity contribution in [2.75, 3.05) is 73.1 Å². The monoisotopic (exact) mass is 1460 g/mol. The number of methoxy groups -OCH3 is 2. The Labute approximate surface area is 647 Å². The molecule has 14 rings (SSSR count). The van der Waals surface area contributed by atoms with Crippen LogP contribution in [0.2, 0.25) is 0 Å². The maximum Gasteiger partial charge on any atom is 0.157 e. The molecule has 5 aliphatic carbocycles. The number of ketones is 1. The molecule has 9 heteroatoms. The lowest BCUT2D eigenvalue weighted by Gasteiger charge is -2.59. The van der Waals surface area contributed by atoms with E-state index in [9.17, 15) is 4.79 Å². The van der Waals surface area contributed by atoms with Crippen LogP contribution < -0.4 is 9.47 Å². The van der Waals surface area contributed by atoms with E-state index >= 15 is 0 Å². The molecule has 105 heavy (non-hydrogen) atoms. The SMILES string of the molecule is CC(C)[N+]1(C2(c3ccccc3)CCCCC2)CCCC1.CC(C)[N+]1(C2(c3ccccc3)CCCCC2)CCCCC1.CC(C)[N+]1(C2(c3cccs3)CCCCC2)CCCCC1.CCN(C(C)C)C1(c2cccc(OC)c2)CCCCC1=O.COc1ccc(C2([N+]3(C(C)C)CCCCC3)CCCCC2)cc1. The van der Waals surface area contributed by atoms with Gasteiger partial charge in [0.1, 0.15) is 39.2 Å². The second-order valence-electron chi connectivity index (χ2n) is 36.1. The van der Waals surface area contributed by atoms with Gasteiger partial charge in [0.2, 0.25) is 0 Å². The van der Waals surface area contributed by atoms with E-state index in [1.807, 2.05) is 29.5 Å². The topological polar surface area (TPSA) is 38.8 Å². The van der Waals surface area contributed by atoms with Gasteiger partial charge in [-0.2, -0.15) is 0 Å². The fourth-order valence-electron chi connectivity index (χ4n) is 25.0. The number of nitrogens with zero attached hydrogens (tertiary/aromatic N) is 5. The lowest BCUT2D eigenvalue weighted by atomic mass is 9.71. The van der Waals surface area contributed by atoms with Crippen LogP contribution in [0.4, 0.5) is 0 Å². The van der Waals surface area contributed by atoms with Gasteiger partial charge in [-0.25, -0.2) is 0 Å². The third kappa shape index (κ3) is 16.8. The van der Waals surface area contributed by atoms with E-state index in [1.54, 1.807) is 35.8 Å². The minimum atomic E-state index is -0.476. The predicted molar refractivity (Wildman–Crippen MR) is 446 cm³/mol.